The molecule has 0 radical (unpaired) electrons. The smallest absolute Gasteiger partial charge is 0.356 e. The predicted octanol–water partition coefficient (Wildman–Crippen LogP) is 3.21. The summed E-state index contributed by atoms with van der Waals surface area (Å²) in [6.07, 6.45) is 9.86. The van der Waals surface area contributed by atoms with E-state index < -0.39 is 5.97 Å². The van der Waals surface area contributed by atoms with Crippen LogP contribution in [0.5, 0.6) is 0 Å². The minimum absolute atomic E-state index is 0.0935. The fourth-order valence-electron chi connectivity index (χ4n) is 4.52. The van der Waals surface area contributed by atoms with E-state index in [4.69, 9.17) is 4.74 Å². The number of methoxy groups -OCH3 is 1. The largest absolute Gasteiger partial charge is 0.464 e. The van der Waals surface area contributed by atoms with E-state index >= 15 is 0 Å². The van der Waals surface area contributed by atoms with E-state index in [1.54, 1.807) is 25.4 Å². The highest BCUT2D eigenvalue weighted by Gasteiger charge is 2.34. The summed E-state index contributed by atoms with van der Waals surface area (Å²) in [6, 6.07) is 7.26. The van der Waals surface area contributed by atoms with Gasteiger partial charge in [-0.3, -0.25) is 9.48 Å². The van der Waals surface area contributed by atoms with Crippen LogP contribution in [0.2, 0.25) is 0 Å². The summed E-state index contributed by atoms with van der Waals surface area (Å²) in [4.78, 5) is 24.7. The Morgan fingerprint density at radius 2 is 2.14 bits per heavy atom. The number of aromatic nitrogens is 2. The summed E-state index contributed by atoms with van der Waals surface area (Å²) >= 11 is 0. The number of carbonyl (C=O) groups is 2. The molecule has 1 amide bonds. The molecule has 1 heterocycles. The maximum absolute atomic E-state index is 12.6. The molecule has 3 atom stereocenters. The van der Waals surface area contributed by atoms with Gasteiger partial charge in [0.1, 0.15) is 0 Å². The van der Waals surface area contributed by atoms with Crippen molar-refractivity contribution in [1.82, 2.24) is 15.1 Å². The molecule has 2 aliphatic rings. The number of hydrogen-bond acceptors (Lipinski definition) is 4. The maximum Gasteiger partial charge on any atom is 0.356 e. The molecular formula is C22H25N3O3. The summed E-state index contributed by atoms with van der Waals surface area (Å²) in [5, 5.41) is 7.20. The third-order valence-electron chi connectivity index (χ3n) is 5.97. The Morgan fingerprint density at radius 3 is 2.86 bits per heavy atom. The third-order valence-corrected chi connectivity index (χ3v) is 5.97. The van der Waals surface area contributed by atoms with Crippen LogP contribution in [0, 0.1) is 17.8 Å². The van der Waals surface area contributed by atoms with Gasteiger partial charge in [-0.2, -0.15) is 5.10 Å². The van der Waals surface area contributed by atoms with Crippen molar-refractivity contribution in [3.63, 3.8) is 0 Å². The van der Waals surface area contributed by atoms with Gasteiger partial charge >= 0.3 is 5.97 Å². The number of allylic oxidation sites excluding steroid dienone is 2. The lowest BCUT2D eigenvalue weighted by Crippen LogP contribution is -2.26. The van der Waals surface area contributed by atoms with Gasteiger partial charge in [-0.1, -0.05) is 24.3 Å². The molecule has 146 valence electrons. The van der Waals surface area contributed by atoms with Crippen molar-refractivity contribution in [1.29, 1.82) is 0 Å². The normalized spacial score (nSPS) is 22.4. The first kappa shape index (κ1) is 18.5. The number of ether oxygens (including phenoxy) is 1. The van der Waals surface area contributed by atoms with Crippen molar-refractivity contribution in [3.8, 4) is 11.1 Å². The Balaban J connectivity index is 1.43. The molecule has 2 aromatic rings. The minimum atomic E-state index is -0.454. The Labute approximate surface area is 164 Å². The first-order valence-corrected chi connectivity index (χ1v) is 9.74. The van der Waals surface area contributed by atoms with E-state index in [0.29, 0.717) is 35.2 Å². The molecule has 1 saturated carbocycles. The Bertz CT molecular complexity index is 931. The van der Waals surface area contributed by atoms with Gasteiger partial charge in [-0.05, 0) is 54.7 Å². The molecule has 0 spiro atoms. The van der Waals surface area contributed by atoms with Crippen LogP contribution < -0.4 is 5.32 Å². The van der Waals surface area contributed by atoms with Crippen molar-refractivity contribution in [2.24, 2.45) is 24.8 Å². The van der Waals surface area contributed by atoms with Gasteiger partial charge in [0, 0.05) is 24.7 Å². The molecule has 0 unspecified atom stereocenters. The van der Waals surface area contributed by atoms with Crippen molar-refractivity contribution < 1.29 is 14.3 Å². The maximum atomic E-state index is 12.6. The lowest BCUT2D eigenvalue weighted by Gasteiger charge is -2.18. The van der Waals surface area contributed by atoms with Crippen LogP contribution >= 0.6 is 0 Å². The van der Waals surface area contributed by atoms with Gasteiger partial charge in [0.25, 0.3) is 5.91 Å². The minimum Gasteiger partial charge on any atom is -0.464 e. The quantitative estimate of drug-likeness (QED) is 0.618. The molecule has 2 bridgehead atoms. The molecule has 2 aliphatic carbocycles. The van der Waals surface area contributed by atoms with Crippen LogP contribution in [-0.4, -0.2) is 35.3 Å². The zero-order valence-electron chi connectivity index (χ0n) is 16.2. The number of amides is 1. The average molecular weight is 379 g/mol. The highest BCUT2D eigenvalue weighted by Crippen LogP contribution is 2.44. The van der Waals surface area contributed by atoms with Gasteiger partial charge < -0.3 is 10.1 Å². The molecule has 28 heavy (non-hydrogen) atoms. The van der Waals surface area contributed by atoms with Gasteiger partial charge in [0.15, 0.2) is 5.69 Å². The molecule has 0 saturated heterocycles. The lowest BCUT2D eigenvalue weighted by atomic mass is 9.90. The first-order chi connectivity index (χ1) is 13.6. The lowest BCUT2D eigenvalue weighted by molar-refractivity contribution is 0.0589. The van der Waals surface area contributed by atoms with Crippen molar-refractivity contribution in [2.45, 2.75) is 19.3 Å². The summed E-state index contributed by atoms with van der Waals surface area (Å²) < 4.78 is 6.34. The second kappa shape index (κ2) is 7.62. The Morgan fingerprint density at radius 1 is 1.29 bits per heavy atom. The van der Waals surface area contributed by atoms with E-state index in [0.717, 1.165) is 17.9 Å². The van der Waals surface area contributed by atoms with Crippen LogP contribution in [0.4, 0.5) is 0 Å². The number of carbonyl (C=O) groups excluding carboxylic acids is 2. The SMILES string of the molecule is COC(=O)c1c(-c2cccc(C(=O)NCC[C@@H]3C[C@@H]4C=C[C@H]3C4)c2)cnn1C. The number of nitrogens with zero attached hydrogens (tertiary/aromatic N) is 2. The number of fused-ring (bicyclic) bond motifs is 2. The monoisotopic (exact) mass is 379 g/mol. The third kappa shape index (κ3) is 3.46. The molecule has 1 aromatic carbocycles. The fourth-order valence-corrected chi connectivity index (χ4v) is 4.52. The van der Waals surface area contributed by atoms with Crippen molar-refractivity contribution >= 4 is 11.9 Å². The second-order valence-corrected chi connectivity index (χ2v) is 7.69. The van der Waals surface area contributed by atoms with Crippen molar-refractivity contribution in [2.75, 3.05) is 13.7 Å². The first-order valence-electron chi connectivity index (χ1n) is 9.74. The number of rotatable bonds is 6. The standard InChI is InChI=1S/C22H25N3O3/c1-25-20(22(27)28-2)19(13-24-25)17-4-3-5-18(12-17)21(26)23-9-8-16-11-14-6-7-15(16)10-14/h3-7,12-16H,8-11H2,1-2H3,(H,23,26)/t14-,15+,16-/m1/s1. The molecule has 1 fully saturated rings. The number of hydrogen-bond donors (Lipinski definition) is 1. The molecule has 0 aliphatic heterocycles. The zero-order chi connectivity index (χ0) is 19.7. The van der Waals surface area contributed by atoms with Crippen LogP contribution in [0.3, 0.4) is 0 Å². The topological polar surface area (TPSA) is 73.2 Å². The van der Waals surface area contributed by atoms with E-state index in [-0.39, 0.29) is 5.91 Å². The molecule has 6 nitrogen and oxygen atoms in total. The van der Waals surface area contributed by atoms with Crippen LogP contribution in [0.15, 0.2) is 42.6 Å². The Kier molecular flexibility index (Phi) is 5.03. The van der Waals surface area contributed by atoms with Crippen LogP contribution in [0.1, 0.15) is 40.1 Å². The van der Waals surface area contributed by atoms with Gasteiger partial charge in [-0.25, -0.2) is 4.79 Å². The number of nitrogens with one attached hydrogen (secondary N) is 1. The number of aryl methyl sites for hydroxylation is 1. The molecule has 1 N–H and O–H groups in total. The predicted molar refractivity (Wildman–Crippen MR) is 106 cm³/mol. The molecule has 6 heteroatoms. The highest BCUT2D eigenvalue weighted by molar-refractivity contribution is 5.98. The van der Waals surface area contributed by atoms with Gasteiger partial charge in [-0.15, -0.1) is 0 Å². The van der Waals surface area contributed by atoms with Gasteiger partial charge in [0.2, 0.25) is 0 Å². The molecular weight excluding hydrogens is 354 g/mol. The summed E-state index contributed by atoms with van der Waals surface area (Å²) in [5.41, 5.74) is 2.35. The fraction of sp³-hybridized carbons (Fsp3) is 0.409. The van der Waals surface area contributed by atoms with E-state index in [1.807, 2.05) is 12.1 Å². The summed E-state index contributed by atoms with van der Waals surface area (Å²) in [5.74, 6) is 1.60. The van der Waals surface area contributed by atoms with E-state index in [1.165, 1.54) is 24.6 Å². The van der Waals surface area contributed by atoms with E-state index in [2.05, 4.69) is 22.6 Å². The average Bonchev–Trinajstić information content (AvgIpc) is 3.43. The van der Waals surface area contributed by atoms with Crippen LogP contribution in [-0.2, 0) is 11.8 Å². The zero-order valence-corrected chi connectivity index (χ0v) is 16.2. The van der Waals surface area contributed by atoms with Crippen LogP contribution in [0.25, 0.3) is 11.1 Å². The van der Waals surface area contributed by atoms with Crippen molar-refractivity contribution in [3.05, 3.63) is 53.9 Å². The molecule has 1 aromatic heterocycles. The second-order valence-electron chi connectivity index (χ2n) is 7.69. The highest BCUT2D eigenvalue weighted by atomic mass is 16.5. The Hall–Kier alpha value is -2.89. The summed E-state index contributed by atoms with van der Waals surface area (Å²) in [7, 11) is 3.03. The van der Waals surface area contributed by atoms with E-state index in [9.17, 15) is 9.59 Å². The number of esters is 1. The summed E-state index contributed by atoms with van der Waals surface area (Å²) in [6.45, 7) is 0.686. The number of benzene rings is 1. The van der Waals surface area contributed by atoms with Gasteiger partial charge in [0.05, 0.1) is 13.3 Å². The molecule has 4 rings (SSSR count).